The largest absolute Gasteiger partial charge is 0.336 e. The number of nitrogens with zero attached hydrogens (tertiary/aromatic N) is 2. The minimum atomic E-state index is -3.48. The van der Waals surface area contributed by atoms with Gasteiger partial charge in [-0.3, -0.25) is 4.79 Å². The number of hydrogen-bond donors (Lipinski definition) is 0. The van der Waals surface area contributed by atoms with Crippen molar-refractivity contribution in [2.45, 2.75) is 56.4 Å². The predicted molar refractivity (Wildman–Crippen MR) is 93.4 cm³/mol. The zero-order valence-electron chi connectivity index (χ0n) is 14.3. The third kappa shape index (κ3) is 3.35. The number of sulfonamides is 1. The summed E-state index contributed by atoms with van der Waals surface area (Å²) in [6, 6.07) is 6.83. The average molecular weight is 350 g/mol. The molecule has 0 bridgehead atoms. The molecule has 2 aliphatic heterocycles. The topological polar surface area (TPSA) is 57.7 Å². The van der Waals surface area contributed by atoms with Crippen LogP contribution in [-0.2, 0) is 10.0 Å². The van der Waals surface area contributed by atoms with Gasteiger partial charge in [0.05, 0.1) is 4.90 Å². The molecular formula is C18H26N2O3S. The highest BCUT2D eigenvalue weighted by Crippen LogP contribution is 2.25. The number of rotatable bonds is 4. The summed E-state index contributed by atoms with van der Waals surface area (Å²) in [4.78, 5) is 15.0. The van der Waals surface area contributed by atoms with Crippen LogP contribution >= 0.6 is 0 Å². The van der Waals surface area contributed by atoms with E-state index in [0.29, 0.717) is 18.7 Å². The first-order valence-electron chi connectivity index (χ1n) is 8.95. The van der Waals surface area contributed by atoms with Gasteiger partial charge in [0.2, 0.25) is 10.0 Å². The maximum absolute atomic E-state index is 12.9. The van der Waals surface area contributed by atoms with Crippen LogP contribution in [0.5, 0.6) is 0 Å². The van der Waals surface area contributed by atoms with E-state index in [0.717, 1.165) is 45.1 Å². The van der Waals surface area contributed by atoms with E-state index in [1.807, 2.05) is 4.90 Å². The fourth-order valence-corrected chi connectivity index (χ4v) is 5.29. The molecule has 2 saturated heterocycles. The van der Waals surface area contributed by atoms with Crippen LogP contribution in [0.2, 0.25) is 0 Å². The Kier molecular flexibility index (Phi) is 5.25. The second-order valence-corrected chi connectivity index (χ2v) is 8.63. The summed E-state index contributed by atoms with van der Waals surface area (Å²) in [7, 11) is -3.48. The SMILES string of the molecule is CC[C@H]1CCCCN1C(=O)c1cccc(S(=O)(=O)N2CCCC2)c1. The second-order valence-electron chi connectivity index (χ2n) is 6.70. The molecule has 24 heavy (non-hydrogen) atoms. The zero-order valence-corrected chi connectivity index (χ0v) is 15.1. The normalized spacial score (nSPS) is 22.7. The maximum atomic E-state index is 12.9. The van der Waals surface area contributed by atoms with Crippen LogP contribution in [0.4, 0.5) is 0 Å². The molecule has 132 valence electrons. The van der Waals surface area contributed by atoms with Crippen LogP contribution in [0.3, 0.4) is 0 Å². The Morgan fingerprint density at radius 3 is 2.54 bits per heavy atom. The number of amides is 1. The summed E-state index contributed by atoms with van der Waals surface area (Å²) < 4.78 is 26.9. The van der Waals surface area contributed by atoms with Crippen LogP contribution in [0.15, 0.2) is 29.2 Å². The fraction of sp³-hybridized carbons (Fsp3) is 0.611. The summed E-state index contributed by atoms with van der Waals surface area (Å²) in [5, 5.41) is 0. The van der Waals surface area contributed by atoms with Gasteiger partial charge in [0.25, 0.3) is 5.91 Å². The Bertz CT molecular complexity index is 696. The first-order chi connectivity index (χ1) is 11.5. The summed E-state index contributed by atoms with van der Waals surface area (Å²) >= 11 is 0. The molecule has 0 aromatic heterocycles. The highest BCUT2D eigenvalue weighted by Gasteiger charge is 2.30. The molecule has 5 nitrogen and oxygen atoms in total. The van der Waals surface area contributed by atoms with Gasteiger partial charge in [-0.05, 0) is 56.7 Å². The van der Waals surface area contributed by atoms with Gasteiger partial charge in [-0.1, -0.05) is 13.0 Å². The number of carbonyl (C=O) groups is 1. The predicted octanol–water partition coefficient (Wildman–Crippen LogP) is 2.88. The van der Waals surface area contributed by atoms with Crippen molar-refractivity contribution in [2.24, 2.45) is 0 Å². The molecule has 2 aliphatic rings. The molecule has 1 amide bonds. The van der Waals surface area contributed by atoms with Crippen molar-refractivity contribution in [3.63, 3.8) is 0 Å². The molecule has 0 aliphatic carbocycles. The monoisotopic (exact) mass is 350 g/mol. The Morgan fingerprint density at radius 2 is 1.83 bits per heavy atom. The van der Waals surface area contributed by atoms with E-state index in [9.17, 15) is 13.2 Å². The lowest BCUT2D eigenvalue weighted by molar-refractivity contribution is 0.0608. The lowest BCUT2D eigenvalue weighted by Gasteiger charge is -2.35. The molecule has 2 heterocycles. The summed E-state index contributed by atoms with van der Waals surface area (Å²) in [6.07, 6.45) is 5.97. The van der Waals surface area contributed by atoms with Gasteiger partial charge in [0, 0.05) is 31.2 Å². The van der Waals surface area contributed by atoms with Crippen LogP contribution in [0.25, 0.3) is 0 Å². The summed E-state index contributed by atoms with van der Waals surface area (Å²) in [5.41, 5.74) is 0.482. The molecule has 1 aromatic carbocycles. The number of piperidine rings is 1. The van der Waals surface area contributed by atoms with Gasteiger partial charge in [-0.25, -0.2) is 8.42 Å². The van der Waals surface area contributed by atoms with E-state index in [1.165, 1.54) is 4.31 Å². The fourth-order valence-electron chi connectivity index (χ4n) is 3.73. The summed E-state index contributed by atoms with van der Waals surface area (Å²) in [6.45, 7) is 4.01. The standard InChI is InChI=1S/C18H26N2O3S/c1-2-16-9-3-4-13-20(16)18(21)15-8-7-10-17(14-15)24(22,23)19-11-5-6-12-19/h7-8,10,14,16H,2-6,9,11-13H2,1H3/t16-/m0/s1. The van der Waals surface area contributed by atoms with Gasteiger partial charge in [0.1, 0.15) is 0 Å². The van der Waals surface area contributed by atoms with Gasteiger partial charge < -0.3 is 4.90 Å². The van der Waals surface area contributed by atoms with Crippen molar-refractivity contribution in [1.29, 1.82) is 0 Å². The molecule has 0 radical (unpaired) electrons. The molecule has 0 spiro atoms. The second kappa shape index (κ2) is 7.23. The van der Waals surface area contributed by atoms with Crippen molar-refractivity contribution in [3.8, 4) is 0 Å². The van der Waals surface area contributed by atoms with E-state index >= 15 is 0 Å². The number of carbonyl (C=O) groups excluding carboxylic acids is 1. The van der Waals surface area contributed by atoms with Crippen LogP contribution in [0, 0.1) is 0 Å². The van der Waals surface area contributed by atoms with Gasteiger partial charge in [-0.2, -0.15) is 4.31 Å². The molecule has 0 N–H and O–H groups in total. The molecule has 1 atom stereocenters. The van der Waals surface area contributed by atoms with Crippen LogP contribution in [-0.4, -0.2) is 49.2 Å². The molecule has 6 heteroatoms. The first kappa shape index (κ1) is 17.4. The van der Waals surface area contributed by atoms with Crippen molar-refractivity contribution in [3.05, 3.63) is 29.8 Å². The van der Waals surface area contributed by atoms with Gasteiger partial charge in [0.15, 0.2) is 0 Å². The third-order valence-electron chi connectivity index (χ3n) is 5.14. The maximum Gasteiger partial charge on any atom is 0.254 e. The smallest absolute Gasteiger partial charge is 0.254 e. The molecule has 2 fully saturated rings. The number of hydrogen-bond acceptors (Lipinski definition) is 3. The number of benzene rings is 1. The Labute approximate surface area is 144 Å². The molecular weight excluding hydrogens is 324 g/mol. The van der Waals surface area contributed by atoms with E-state index in [4.69, 9.17) is 0 Å². The van der Waals surface area contributed by atoms with E-state index in [-0.39, 0.29) is 16.8 Å². The zero-order chi connectivity index (χ0) is 17.2. The van der Waals surface area contributed by atoms with Crippen molar-refractivity contribution in [2.75, 3.05) is 19.6 Å². The Balaban J connectivity index is 1.86. The van der Waals surface area contributed by atoms with E-state index < -0.39 is 10.0 Å². The molecule has 1 aromatic rings. The van der Waals surface area contributed by atoms with Crippen molar-refractivity contribution >= 4 is 15.9 Å². The van der Waals surface area contributed by atoms with Gasteiger partial charge in [-0.15, -0.1) is 0 Å². The quantitative estimate of drug-likeness (QED) is 0.839. The third-order valence-corrected chi connectivity index (χ3v) is 7.04. The lowest BCUT2D eigenvalue weighted by atomic mass is 9.99. The van der Waals surface area contributed by atoms with E-state index in [1.54, 1.807) is 24.3 Å². The minimum absolute atomic E-state index is 0.0416. The van der Waals surface area contributed by atoms with Crippen molar-refractivity contribution in [1.82, 2.24) is 9.21 Å². The highest BCUT2D eigenvalue weighted by molar-refractivity contribution is 7.89. The average Bonchev–Trinajstić information content (AvgIpc) is 3.16. The lowest BCUT2D eigenvalue weighted by Crippen LogP contribution is -2.43. The van der Waals surface area contributed by atoms with Crippen molar-refractivity contribution < 1.29 is 13.2 Å². The number of likely N-dealkylation sites (tertiary alicyclic amines) is 1. The molecule has 0 unspecified atom stereocenters. The summed E-state index contributed by atoms with van der Waals surface area (Å²) in [5.74, 6) is -0.0416. The minimum Gasteiger partial charge on any atom is -0.336 e. The highest BCUT2D eigenvalue weighted by atomic mass is 32.2. The van der Waals surface area contributed by atoms with Crippen LogP contribution in [0.1, 0.15) is 55.8 Å². The molecule has 0 saturated carbocycles. The molecule has 3 rings (SSSR count). The van der Waals surface area contributed by atoms with Crippen LogP contribution < -0.4 is 0 Å². The van der Waals surface area contributed by atoms with E-state index in [2.05, 4.69) is 6.92 Å². The first-order valence-corrected chi connectivity index (χ1v) is 10.4. The van der Waals surface area contributed by atoms with Gasteiger partial charge >= 0.3 is 0 Å². The Morgan fingerprint density at radius 1 is 1.12 bits per heavy atom. The Hall–Kier alpha value is -1.40.